The van der Waals surface area contributed by atoms with Gasteiger partial charge in [0.15, 0.2) is 5.82 Å². The van der Waals surface area contributed by atoms with Gasteiger partial charge in [-0.3, -0.25) is 10.4 Å². The zero-order chi connectivity index (χ0) is 20.8. The maximum Gasteiger partial charge on any atom is 0.181 e. The van der Waals surface area contributed by atoms with Crippen LogP contribution in [0, 0.1) is 11.7 Å². The Hall–Kier alpha value is -3.03. The summed E-state index contributed by atoms with van der Waals surface area (Å²) in [5.41, 5.74) is 4.63. The predicted molar refractivity (Wildman–Crippen MR) is 116 cm³/mol. The highest BCUT2D eigenvalue weighted by atomic mass is 19.1. The molecule has 0 saturated carbocycles. The van der Waals surface area contributed by atoms with Crippen LogP contribution >= 0.6 is 0 Å². The SMILES string of the molecule is Fc1ccc(-c2n[nH]c([C@H]3Cc4c([nH]c5ccccc45)C(C4CCOCC4)N3)n2)cc1. The number of ether oxygens (including phenoxy) is 1. The van der Waals surface area contributed by atoms with Gasteiger partial charge in [0, 0.05) is 35.4 Å². The van der Waals surface area contributed by atoms with Gasteiger partial charge < -0.3 is 9.72 Å². The zero-order valence-electron chi connectivity index (χ0n) is 17.1. The van der Waals surface area contributed by atoms with Crippen molar-refractivity contribution in [2.75, 3.05) is 13.2 Å². The van der Waals surface area contributed by atoms with Crippen molar-refractivity contribution in [2.24, 2.45) is 5.92 Å². The summed E-state index contributed by atoms with van der Waals surface area (Å²) < 4.78 is 18.9. The van der Waals surface area contributed by atoms with Gasteiger partial charge in [-0.05, 0) is 61.1 Å². The van der Waals surface area contributed by atoms with Gasteiger partial charge in [0.25, 0.3) is 0 Å². The number of benzene rings is 2. The van der Waals surface area contributed by atoms with Crippen molar-refractivity contribution < 1.29 is 9.13 Å². The molecule has 158 valence electrons. The van der Waals surface area contributed by atoms with Gasteiger partial charge in [0.05, 0.1) is 12.1 Å². The van der Waals surface area contributed by atoms with Gasteiger partial charge in [-0.25, -0.2) is 9.37 Å². The molecule has 0 aliphatic carbocycles. The highest BCUT2D eigenvalue weighted by Gasteiger charge is 2.36. The number of hydrogen-bond acceptors (Lipinski definition) is 4. The third kappa shape index (κ3) is 3.34. The molecular formula is C24H24FN5O. The van der Waals surface area contributed by atoms with E-state index in [2.05, 4.69) is 44.8 Å². The van der Waals surface area contributed by atoms with Crippen LogP contribution in [0.15, 0.2) is 48.5 Å². The molecule has 7 heteroatoms. The van der Waals surface area contributed by atoms with Gasteiger partial charge in [-0.2, -0.15) is 5.10 Å². The molecule has 6 rings (SSSR count). The minimum Gasteiger partial charge on any atom is -0.381 e. The van der Waals surface area contributed by atoms with Crippen LogP contribution in [-0.2, 0) is 11.2 Å². The summed E-state index contributed by atoms with van der Waals surface area (Å²) in [6.45, 7) is 1.61. The topological polar surface area (TPSA) is 78.6 Å². The summed E-state index contributed by atoms with van der Waals surface area (Å²) >= 11 is 0. The maximum atomic E-state index is 13.3. The van der Waals surface area contributed by atoms with Gasteiger partial charge in [-0.15, -0.1) is 0 Å². The lowest BCUT2D eigenvalue weighted by molar-refractivity contribution is 0.0497. The third-order valence-electron chi connectivity index (χ3n) is 6.62. The van der Waals surface area contributed by atoms with Crippen LogP contribution in [0.25, 0.3) is 22.3 Å². The van der Waals surface area contributed by atoms with Crippen LogP contribution in [0.4, 0.5) is 4.39 Å². The average Bonchev–Trinajstić information content (AvgIpc) is 3.45. The Bertz CT molecular complexity index is 1210. The Balaban J connectivity index is 1.38. The molecule has 2 aromatic carbocycles. The van der Waals surface area contributed by atoms with Crippen molar-refractivity contribution in [3.05, 3.63) is 71.4 Å². The number of hydrogen-bond donors (Lipinski definition) is 3. The van der Waals surface area contributed by atoms with Crippen molar-refractivity contribution >= 4 is 10.9 Å². The Morgan fingerprint density at radius 3 is 2.65 bits per heavy atom. The van der Waals surface area contributed by atoms with E-state index in [-0.39, 0.29) is 17.9 Å². The second kappa shape index (κ2) is 7.59. The van der Waals surface area contributed by atoms with Gasteiger partial charge >= 0.3 is 0 Å². The second-order valence-electron chi connectivity index (χ2n) is 8.46. The van der Waals surface area contributed by atoms with Crippen molar-refractivity contribution in [1.82, 2.24) is 25.5 Å². The first-order valence-corrected chi connectivity index (χ1v) is 10.9. The molecule has 1 unspecified atom stereocenters. The first-order chi connectivity index (χ1) is 15.3. The van der Waals surface area contributed by atoms with Crippen molar-refractivity contribution in [3.63, 3.8) is 0 Å². The summed E-state index contributed by atoms with van der Waals surface area (Å²) in [4.78, 5) is 8.45. The molecule has 3 N–H and O–H groups in total. The summed E-state index contributed by atoms with van der Waals surface area (Å²) in [6.07, 6.45) is 2.91. The smallest absolute Gasteiger partial charge is 0.181 e. The molecule has 0 amide bonds. The van der Waals surface area contributed by atoms with Crippen LogP contribution in [0.5, 0.6) is 0 Å². The van der Waals surface area contributed by atoms with E-state index in [0.717, 1.165) is 43.9 Å². The molecule has 1 fully saturated rings. The largest absolute Gasteiger partial charge is 0.381 e. The maximum absolute atomic E-state index is 13.3. The Morgan fingerprint density at radius 1 is 1.00 bits per heavy atom. The molecule has 0 spiro atoms. The molecule has 31 heavy (non-hydrogen) atoms. The van der Waals surface area contributed by atoms with E-state index in [9.17, 15) is 4.39 Å². The van der Waals surface area contributed by atoms with Crippen molar-refractivity contribution in [1.29, 1.82) is 0 Å². The molecule has 2 aliphatic rings. The lowest BCUT2D eigenvalue weighted by atomic mass is 9.83. The number of rotatable bonds is 3. The summed E-state index contributed by atoms with van der Waals surface area (Å²) in [6, 6.07) is 15.0. The van der Waals surface area contributed by atoms with E-state index in [0.29, 0.717) is 11.7 Å². The lowest BCUT2D eigenvalue weighted by Gasteiger charge is -2.37. The highest BCUT2D eigenvalue weighted by Crippen LogP contribution is 2.41. The quantitative estimate of drug-likeness (QED) is 0.460. The monoisotopic (exact) mass is 417 g/mol. The number of fused-ring (bicyclic) bond motifs is 3. The lowest BCUT2D eigenvalue weighted by Crippen LogP contribution is -2.39. The molecule has 1 saturated heterocycles. The molecule has 4 heterocycles. The Morgan fingerprint density at radius 2 is 1.81 bits per heavy atom. The van der Waals surface area contributed by atoms with E-state index in [1.807, 2.05) is 0 Å². The number of nitrogens with one attached hydrogen (secondary N) is 3. The van der Waals surface area contributed by atoms with E-state index < -0.39 is 0 Å². The van der Waals surface area contributed by atoms with Crippen LogP contribution in [-0.4, -0.2) is 33.4 Å². The van der Waals surface area contributed by atoms with Crippen LogP contribution < -0.4 is 5.32 Å². The molecule has 0 bridgehead atoms. The summed E-state index contributed by atoms with van der Waals surface area (Å²) in [5, 5.41) is 12.7. The van der Waals surface area contributed by atoms with Crippen LogP contribution in [0.3, 0.4) is 0 Å². The third-order valence-corrected chi connectivity index (χ3v) is 6.62. The predicted octanol–water partition coefficient (Wildman–Crippen LogP) is 4.45. The fourth-order valence-corrected chi connectivity index (χ4v) is 5.02. The van der Waals surface area contributed by atoms with Gasteiger partial charge in [-0.1, -0.05) is 18.2 Å². The summed E-state index contributed by atoms with van der Waals surface area (Å²) in [7, 11) is 0. The number of nitrogens with zero attached hydrogens (tertiary/aromatic N) is 2. The fraction of sp³-hybridized carbons (Fsp3) is 0.333. The summed E-state index contributed by atoms with van der Waals surface area (Å²) in [5.74, 6) is 1.64. The van der Waals surface area contributed by atoms with Crippen molar-refractivity contribution in [2.45, 2.75) is 31.3 Å². The molecular weight excluding hydrogens is 393 g/mol. The number of aromatic amines is 2. The Labute approximate surface area is 179 Å². The molecule has 0 radical (unpaired) electrons. The first-order valence-electron chi connectivity index (χ1n) is 10.9. The van der Waals surface area contributed by atoms with Gasteiger partial charge in [0.1, 0.15) is 11.6 Å². The number of aromatic nitrogens is 4. The van der Waals surface area contributed by atoms with Crippen molar-refractivity contribution in [3.8, 4) is 11.4 Å². The minimum absolute atomic E-state index is 0.0289. The Kier molecular flexibility index (Phi) is 4.58. The van der Waals surface area contributed by atoms with E-state index in [4.69, 9.17) is 9.72 Å². The minimum atomic E-state index is -0.264. The second-order valence-corrected chi connectivity index (χ2v) is 8.46. The molecule has 2 atom stereocenters. The first kappa shape index (κ1) is 18.7. The van der Waals surface area contributed by atoms with E-state index in [1.165, 1.54) is 34.3 Å². The highest BCUT2D eigenvalue weighted by molar-refractivity contribution is 5.85. The van der Waals surface area contributed by atoms with Gasteiger partial charge in [0.2, 0.25) is 0 Å². The molecule has 4 aromatic rings. The fourth-order valence-electron chi connectivity index (χ4n) is 5.02. The van der Waals surface area contributed by atoms with E-state index >= 15 is 0 Å². The normalized spacial score (nSPS) is 22.0. The standard InChI is InChI=1S/C24H24FN5O/c25-16-7-5-15(6-8-16)23-28-24(30-29-23)20-13-18-17-3-1-2-4-19(17)26-22(18)21(27-20)14-9-11-31-12-10-14/h1-8,14,20-21,26-27H,9-13H2,(H,28,29,30)/t20-,21?/m1/s1. The number of H-pyrrole nitrogens is 2. The molecule has 2 aromatic heterocycles. The number of para-hydroxylation sites is 1. The average molecular weight is 417 g/mol. The van der Waals surface area contributed by atoms with Crippen LogP contribution in [0.1, 0.15) is 42.0 Å². The molecule has 6 nitrogen and oxygen atoms in total. The van der Waals surface area contributed by atoms with Crippen LogP contribution in [0.2, 0.25) is 0 Å². The van der Waals surface area contributed by atoms with E-state index in [1.54, 1.807) is 12.1 Å². The molecule has 2 aliphatic heterocycles. The zero-order valence-corrected chi connectivity index (χ0v) is 17.1. The number of halogens is 1.